The van der Waals surface area contributed by atoms with E-state index in [2.05, 4.69) is 76.3 Å². The van der Waals surface area contributed by atoms with Crippen LogP contribution in [0.5, 0.6) is 0 Å². The van der Waals surface area contributed by atoms with Crippen LogP contribution in [-0.2, 0) is 0 Å². The molecule has 0 spiro atoms. The van der Waals surface area contributed by atoms with E-state index >= 15 is 0 Å². The van der Waals surface area contributed by atoms with E-state index in [-0.39, 0.29) is 6.04 Å². The second-order valence-electron chi connectivity index (χ2n) is 5.33. The fraction of sp³-hybridized carbons (Fsp3) is 0.375. The van der Waals surface area contributed by atoms with Crippen molar-refractivity contribution in [1.82, 2.24) is 9.97 Å². The predicted octanol–water partition coefficient (Wildman–Crippen LogP) is 4.84. The zero-order chi connectivity index (χ0) is 14.7. The van der Waals surface area contributed by atoms with E-state index in [1.54, 1.807) is 0 Å². The highest BCUT2D eigenvalue weighted by Crippen LogP contribution is 2.21. The van der Waals surface area contributed by atoms with Gasteiger partial charge in [-0.2, -0.15) is 0 Å². The van der Waals surface area contributed by atoms with Crippen molar-refractivity contribution in [3.8, 4) is 0 Å². The van der Waals surface area contributed by atoms with Gasteiger partial charge in [-0.05, 0) is 31.5 Å². The molecule has 1 N–H and O–H groups in total. The van der Waals surface area contributed by atoms with Gasteiger partial charge in [-0.15, -0.1) is 0 Å². The molecular formula is C16H20BrN3. The van der Waals surface area contributed by atoms with Gasteiger partial charge in [0.05, 0.1) is 0 Å². The van der Waals surface area contributed by atoms with Crippen LogP contribution in [0, 0.1) is 6.92 Å². The number of aromatic nitrogens is 2. The van der Waals surface area contributed by atoms with E-state index in [1.807, 2.05) is 13.0 Å². The van der Waals surface area contributed by atoms with Gasteiger partial charge in [-0.25, -0.2) is 9.97 Å². The lowest BCUT2D eigenvalue weighted by Crippen LogP contribution is -2.10. The third kappa shape index (κ3) is 3.79. The van der Waals surface area contributed by atoms with Crippen molar-refractivity contribution >= 4 is 21.7 Å². The molecule has 0 saturated carbocycles. The van der Waals surface area contributed by atoms with Gasteiger partial charge in [-0.1, -0.05) is 41.9 Å². The van der Waals surface area contributed by atoms with Gasteiger partial charge in [0.2, 0.25) is 0 Å². The predicted molar refractivity (Wildman–Crippen MR) is 87.0 cm³/mol. The summed E-state index contributed by atoms with van der Waals surface area (Å²) in [6.45, 7) is 8.35. The molecule has 1 heterocycles. The van der Waals surface area contributed by atoms with Crippen molar-refractivity contribution in [1.29, 1.82) is 0 Å². The Kier molecular flexibility index (Phi) is 4.76. The number of hydrogen-bond donors (Lipinski definition) is 1. The van der Waals surface area contributed by atoms with Gasteiger partial charge in [0, 0.05) is 28.2 Å². The number of halogens is 1. The second kappa shape index (κ2) is 6.35. The largest absolute Gasteiger partial charge is 0.363 e. The van der Waals surface area contributed by atoms with E-state index in [4.69, 9.17) is 0 Å². The van der Waals surface area contributed by atoms with E-state index in [1.165, 1.54) is 5.56 Å². The molecular weight excluding hydrogens is 314 g/mol. The molecule has 0 radical (unpaired) electrons. The number of rotatable bonds is 4. The fourth-order valence-corrected chi connectivity index (χ4v) is 2.24. The Morgan fingerprint density at radius 1 is 1.05 bits per heavy atom. The Morgan fingerprint density at radius 3 is 2.30 bits per heavy atom. The van der Waals surface area contributed by atoms with E-state index in [0.717, 1.165) is 21.8 Å². The molecule has 0 bridgehead atoms. The van der Waals surface area contributed by atoms with Crippen molar-refractivity contribution in [2.24, 2.45) is 0 Å². The lowest BCUT2D eigenvalue weighted by atomic mass is 10.1. The Bertz CT molecular complexity index is 579. The molecule has 0 aliphatic rings. The van der Waals surface area contributed by atoms with Crippen LogP contribution in [0.2, 0.25) is 0 Å². The third-order valence-electron chi connectivity index (χ3n) is 3.12. The van der Waals surface area contributed by atoms with Crippen molar-refractivity contribution < 1.29 is 0 Å². The molecule has 2 aromatic rings. The number of anilines is 1. The summed E-state index contributed by atoms with van der Waals surface area (Å²) in [5.41, 5.74) is 2.23. The summed E-state index contributed by atoms with van der Waals surface area (Å²) in [5, 5.41) is 3.45. The summed E-state index contributed by atoms with van der Waals surface area (Å²) >= 11 is 3.46. The number of nitrogens with one attached hydrogen (secondary N) is 1. The molecule has 4 heteroatoms. The third-order valence-corrected chi connectivity index (χ3v) is 3.65. The van der Waals surface area contributed by atoms with Crippen LogP contribution >= 0.6 is 15.9 Å². The van der Waals surface area contributed by atoms with Gasteiger partial charge < -0.3 is 5.32 Å². The Balaban J connectivity index is 2.18. The first kappa shape index (κ1) is 15.0. The summed E-state index contributed by atoms with van der Waals surface area (Å²) in [6, 6.07) is 10.5. The van der Waals surface area contributed by atoms with Crippen molar-refractivity contribution in [3.05, 3.63) is 51.9 Å². The maximum absolute atomic E-state index is 4.58. The van der Waals surface area contributed by atoms with Gasteiger partial charge >= 0.3 is 0 Å². The van der Waals surface area contributed by atoms with Crippen LogP contribution in [0.4, 0.5) is 5.82 Å². The molecule has 1 unspecified atom stereocenters. The summed E-state index contributed by atoms with van der Waals surface area (Å²) in [4.78, 5) is 9.05. The van der Waals surface area contributed by atoms with E-state index in [0.29, 0.717) is 5.92 Å². The minimum absolute atomic E-state index is 0.206. The Hall–Kier alpha value is -1.42. The minimum atomic E-state index is 0.206. The molecule has 2 rings (SSSR count). The molecule has 1 aromatic heterocycles. The first-order valence-electron chi connectivity index (χ1n) is 6.83. The molecule has 106 valence electrons. The molecule has 1 aromatic carbocycles. The van der Waals surface area contributed by atoms with Crippen molar-refractivity contribution in [3.63, 3.8) is 0 Å². The first-order valence-corrected chi connectivity index (χ1v) is 7.62. The average Bonchev–Trinajstić information content (AvgIpc) is 2.38. The Labute approximate surface area is 129 Å². The van der Waals surface area contributed by atoms with E-state index in [9.17, 15) is 0 Å². The van der Waals surface area contributed by atoms with Gasteiger partial charge in [0.25, 0.3) is 0 Å². The highest BCUT2D eigenvalue weighted by Gasteiger charge is 2.09. The number of aryl methyl sites for hydroxylation is 1. The van der Waals surface area contributed by atoms with Gasteiger partial charge in [0.1, 0.15) is 11.6 Å². The van der Waals surface area contributed by atoms with Crippen LogP contribution in [0.3, 0.4) is 0 Å². The smallest absolute Gasteiger partial charge is 0.133 e. The number of hydrogen-bond acceptors (Lipinski definition) is 3. The van der Waals surface area contributed by atoms with Gasteiger partial charge in [0.15, 0.2) is 0 Å². The fourth-order valence-electron chi connectivity index (χ4n) is 1.98. The Morgan fingerprint density at radius 2 is 1.70 bits per heavy atom. The van der Waals surface area contributed by atoms with Crippen LogP contribution in [0.25, 0.3) is 0 Å². The summed E-state index contributed by atoms with van der Waals surface area (Å²) in [5.74, 6) is 2.10. The monoisotopic (exact) mass is 333 g/mol. The molecule has 0 aliphatic heterocycles. The summed E-state index contributed by atoms with van der Waals surface area (Å²) in [6.07, 6.45) is 0. The normalized spacial score (nSPS) is 12.5. The quantitative estimate of drug-likeness (QED) is 0.869. The lowest BCUT2D eigenvalue weighted by molar-refractivity contribution is 0.761. The first-order chi connectivity index (χ1) is 9.45. The van der Waals surface area contributed by atoms with Crippen LogP contribution in [0.15, 0.2) is 34.8 Å². The average molecular weight is 334 g/mol. The van der Waals surface area contributed by atoms with Crippen LogP contribution in [0.1, 0.15) is 49.8 Å². The highest BCUT2D eigenvalue weighted by atomic mass is 79.9. The summed E-state index contributed by atoms with van der Waals surface area (Å²) in [7, 11) is 0. The van der Waals surface area contributed by atoms with Crippen LogP contribution < -0.4 is 5.32 Å². The zero-order valence-electron chi connectivity index (χ0n) is 12.3. The minimum Gasteiger partial charge on any atom is -0.363 e. The highest BCUT2D eigenvalue weighted by molar-refractivity contribution is 9.10. The summed E-state index contributed by atoms with van der Waals surface area (Å²) < 4.78 is 1.09. The van der Waals surface area contributed by atoms with E-state index < -0.39 is 0 Å². The molecule has 0 amide bonds. The zero-order valence-corrected chi connectivity index (χ0v) is 13.9. The molecule has 3 nitrogen and oxygen atoms in total. The molecule has 0 aliphatic carbocycles. The SMILES string of the molecule is Cc1cc(NC(C)c2ccc(Br)cc2)nc(C(C)C)n1. The molecule has 0 saturated heterocycles. The molecule has 20 heavy (non-hydrogen) atoms. The standard InChI is InChI=1S/C16H20BrN3/c1-10(2)16-18-11(3)9-15(20-16)19-12(4)13-5-7-14(17)8-6-13/h5-10,12H,1-4H3,(H,18,19,20). The van der Waals surface area contributed by atoms with Gasteiger partial charge in [-0.3, -0.25) is 0 Å². The topological polar surface area (TPSA) is 37.8 Å². The lowest BCUT2D eigenvalue weighted by Gasteiger charge is -2.16. The van der Waals surface area contributed by atoms with Crippen molar-refractivity contribution in [2.45, 2.75) is 39.7 Å². The van der Waals surface area contributed by atoms with Crippen LogP contribution in [-0.4, -0.2) is 9.97 Å². The molecule has 0 fully saturated rings. The van der Waals surface area contributed by atoms with Crippen molar-refractivity contribution in [2.75, 3.05) is 5.32 Å². The number of nitrogens with zero attached hydrogens (tertiary/aromatic N) is 2. The maximum atomic E-state index is 4.58. The maximum Gasteiger partial charge on any atom is 0.133 e. The number of benzene rings is 1. The second-order valence-corrected chi connectivity index (χ2v) is 6.24. The molecule has 1 atom stereocenters.